The summed E-state index contributed by atoms with van der Waals surface area (Å²) in [5, 5.41) is 0. The molecule has 0 bridgehead atoms. The van der Waals surface area contributed by atoms with Crippen LogP contribution in [0.25, 0.3) is 0 Å². The van der Waals surface area contributed by atoms with E-state index in [0.717, 1.165) is 25.5 Å². The van der Waals surface area contributed by atoms with Crippen LogP contribution in [-0.2, 0) is 27.2 Å². The molecule has 3 aliphatic rings. The second-order valence-corrected chi connectivity index (χ2v) is 8.50. The Labute approximate surface area is 158 Å². The summed E-state index contributed by atoms with van der Waals surface area (Å²) in [4.78, 5) is 40.4. The van der Waals surface area contributed by atoms with E-state index in [1.807, 2.05) is 0 Å². The fourth-order valence-corrected chi connectivity index (χ4v) is 5.59. The van der Waals surface area contributed by atoms with Crippen molar-refractivity contribution in [2.24, 2.45) is 5.92 Å². The van der Waals surface area contributed by atoms with Crippen LogP contribution < -0.4 is 0 Å². The number of hydrogen-bond donors (Lipinski definition) is 0. The second-order valence-electron chi connectivity index (χ2n) is 7.50. The number of rotatable bonds is 4. The number of amides is 2. The molecule has 0 radical (unpaired) electrons. The van der Waals surface area contributed by atoms with Crippen molar-refractivity contribution in [3.05, 3.63) is 35.4 Å². The first-order valence-corrected chi connectivity index (χ1v) is 10.5. The van der Waals surface area contributed by atoms with Gasteiger partial charge in [-0.3, -0.25) is 9.59 Å². The average molecular weight is 372 g/mol. The molecule has 0 aromatic heterocycles. The first-order chi connectivity index (χ1) is 12.7. The first-order valence-electron chi connectivity index (χ1n) is 9.37. The molecule has 1 aliphatic carbocycles. The molecule has 26 heavy (non-hydrogen) atoms. The van der Waals surface area contributed by atoms with Crippen molar-refractivity contribution >= 4 is 29.9 Å². The van der Waals surface area contributed by atoms with Crippen molar-refractivity contribution in [2.45, 2.75) is 44.2 Å². The van der Waals surface area contributed by atoms with Crippen molar-refractivity contribution in [1.82, 2.24) is 9.80 Å². The minimum atomic E-state index is -0.382. The molecule has 5 nitrogen and oxygen atoms in total. The van der Waals surface area contributed by atoms with E-state index in [1.165, 1.54) is 11.1 Å². The van der Waals surface area contributed by atoms with Gasteiger partial charge in [-0.1, -0.05) is 24.3 Å². The number of fused-ring (bicyclic) bond motifs is 1. The molecule has 2 amide bonds. The molecule has 0 unspecified atom stereocenters. The van der Waals surface area contributed by atoms with E-state index in [-0.39, 0.29) is 23.9 Å². The van der Waals surface area contributed by atoms with E-state index >= 15 is 0 Å². The van der Waals surface area contributed by atoms with Gasteiger partial charge in [-0.15, -0.1) is 11.8 Å². The van der Waals surface area contributed by atoms with Gasteiger partial charge < -0.3 is 14.6 Å². The predicted octanol–water partition coefficient (Wildman–Crippen LogP) is 1.88. The molecule has 1 aromatic carbocycles. The molecule has 0 spiro atoms. The molecule has 138 valence electrons. The minimum Gasteiger partial charge on any atom is -0.331 e. The van der Waals surface area contributed by atoms with Gasteiger partial charge in [0.2, 0.25) is 11.8 Å². The van der Waals surface area contributed by atoms with Gasteiger partial charge in [0.1, 0.15) is 12.3 Å². The van der Waals surface area contributed by atoms with E-state index in [9.17, 15) is 14.4 Å². The van der Waals surface area contributed by atoms with Crippen molar-refractivity contribution < 1.29 is 14.4 Å². The van der Waals surface area contributed by atoms with Crippen molar-refractivity contribution in [3.63, 3.8) is 0 Å². The summed E-state index contributed by atoms with van der Waals surface area (Å²) in [6.45, 7) is 0.654. The van der Waals surface area contributed by atoms with Crippen LogP contribution in [0.15, 0.2) is 24.3 Å². The Balaban J connectivity index is 1.40. The van der Waals surface area contributed by atoms with Crippen LogP contribution in [0.5, 0.6) is 0 Å². The number of carbonyl (C=O) groups excluding carboxylic acids is 3. The lowest BCUT2D eigenvalue weighted by atomic mass is 10.0. The zero-order chi connectivity index (χ0) is 18.1. The zero-order valence-electron chi connectivity index (χ0n) is 14.8. The number of carbonyl (C=O) groups is 3. The summed E-state index contributed by atoms with van der Waals surface area (Å²) in [5.74, 6) is 1.59. The van der Waals surface area contributed by atoms with Crippen molar-refractivity contribution in [2.75, 3.05) is 18.2 Å². The van der Waals surface area contributed by atoms with Crippen LogP contribution in [0.3, 0.4) is 0 Å². The molecule has 1 aromatic rings. The van der Waals surface area contributed by atoms with Crippen LogP contribution in [0.4, 0.5) is 0 Å². The SMILES string of the molecule is O=C[C@@H]1CSCN1C(=O)[C@@H]1CCCN1C(=O)CC1Cc2ccccc2C1. The summed E-state index contributed by atoms with van der Waals surface area (Å²) in [6.07, 6.45) is 4.83. The van der Waals surface area contributed by atoms with Crippen molar-refractivity contribution in [1.29, 1.82) is 0 Å². The summed E-state index contributed by atoms with van der Waals surface area (Å²) >= 11 is 1.60. The molecule has 2 saturated heterocycles. The van der Waals surface area contributed by atoms with Gasteiger partial charge in [0, 0.05) is 18.7 Å². The third-order valence-corrected chi connectivity index (χ3v) is 6.85. The lowest BCUT2D eigenvalue weighted by Crippen LogP contribution is -2.50. The summed E-state index contributed by atoms with van der Waals surface area (Å²) < 4.78 is 0. The number of nitrogens with zero attached hydrogens (tertiary/aromatic N) is 2. The third-order valence-electron chi connectivity index (χ3n) is 5.82. The Morgan fingerprint density at radius 3 is 2.58 bits per heavy atom. The lowest BCUT2D eigenvalue weighted by Gasteiger charge is -2.29. The highest BCUT2D eigenvalue weighted by Gasteiger charge is 2.40. The minimum absolute atomic E-state index is 0.0485. The maximum absolute atomic E-state index is 12.9. The predicted molar refractivity (Wildman–Crippen MR) is 101 cm³/mol. The van der Waals surface area contributed by atoms with Crippen LogP contribution >= 0.6 is 11.8 Å². The molecule has 0 N–H and O–H groups in total. The highest BCUT2D eigenvalue weighted by atomic mass is 32.2. The number of likely N-dealkylation sites (tertiary alicyclic amines) is 1. The highest BCUT2D eigenvalue weighted by Crippen LogP contribution is 2.31. The van der Waals surface area contributed by atoms with Crippen LogP contribution in [0.1, 0.15) is 30.4 Å². The zero-order valence-corrected chi connectivity index (χ0v) is 15.6. The van der Waals surface area contributed by atoms with E-state index in [2.05, 4.69) is 24.3 Å². The molecular weight excluding hydrogens is 348 g/mol. The fourth-order valence-electron chi connectivity index (χ4n) is 4.47. The summed E-state index contributed by atoms with van der Waals surface area (Å²) in [5.41, 5.74) is 2.70. The standard InChI is InChI=1S/C20H24N2O3S/c23-11-17-12-26-13-22(17)20(25)18-6-3-7-21(18)19(24)10-14-8-15-4-1-2-5-16(15)9-14/h1-2,4-5,11,14,17-18H,3,6-10,12-13H2/t17-,18+/m1/s1. The number of aldehydes is 1. The van der Waals surface area contributed by atoms with Gasteiger partial charge in [0.05, 0.1) is 11.9 Å². The first kappa shape index (κ1) is 17.6. The Morgan fingerprint density at radius 2 is 1.88 bits per heavy atom. The fraction of sp³-hybridized carbons (Fsp3) is 0.550. The van der Waals surface area contributed by atoms with E-state index in [0.29, 0.717) is 36.9 Å². The maximum Gasteiger partial charge on any atom is 0.246 e. The van der Waals surface area contributed by atoms with Crippen LogP contribution in [0, 0.1) is 5.92 Å². The normalized spacial score (nSPS) is 25.5. The molecule has 2 fully saturated rings. The monoisotopic (exact) mass is 372 g/mol. The van der Waals surface area contributed by atoms with E-state index in [1.54, 1.807) is 21.6 Å². The Hall–Kier alpha value is -1.82. The highest BCUT2D eigenvalue weighted by molar-refractivity contribution is 7.99. The van der Waals surface area contributed by atoms with Gasteiger partial charge in [-0.05, 0) is 42.7 Å². The van der Waals surface area contributed by atoms with Gasteiger partial charge in [0.15, 0.2) is 0 Å². The number of thioether (sulfide) groups is 1. The van der Waals surface area contributed by atoms with Gasteiger partial charge in [-0.2, -0.15) is 0 Å². The van der Waals surface area contributed by atoms with Crippen molar-refractivity contribution in [3.8, 4) is 0 Å². The van der Waals surface area contributed by atoms with E-state index < -0.39 is 0 Å². The Kier molecular flexibility index (Phi) is 5.02. The van der Waals surface area contributed by atoms with Gasteiger partial charge >= 0.3 is 0 Å². The van der Waals surface area contributed by atoms with Gasteiger partial charge in [0.25, 0.3) is 0 Å². The summed E-state index contributed by atoms with van der Waals surface area (Å²) in [6, 6.07) is 7.67. The molecule has 0 saturated carbocycles. The quantitative estimate of drug-likeness (QED) is 0.758. The second kappa shape index (κ2) is 7.43. The molecule has 4 rings (SSSR count). The topological polar surface area (TPSA) is 57.7 Å². The third kappa shape index (κ3) is 3.27. The van der Waals surface area contributed by atoms with Crippen LogP contribution in [0.2, 0.25) is 0 Å². The Morgan fingerprint density at radius 1 is 1.15 bits per heavy atom. The van der Waals surface area contributed by atoms with E-state index in [4.69, 9.17) is 0 Å². The molecule has 2 aliphatic heterocycles. The molecule has 2 heterocycles. The maximum atomic E-state index is 12.9. The lowest BCUT2D eigenvalue weighted by molar-refractivity contribution is -0.145. The number of hydrogen-bond acceptors (Lipinski definition) is 4. The van der Waals surface area contributed by atoms with Crippen LogP contribution in [-0.4, -0.2) is 58.2 Å². The molecule has 2 atom stereocenters. The Bertz CT molecular complexity index is 698. The largest absolute Gasteiger partial charge is 0.331 e. The smallest absolute Gasteiger partial charge is 0.246 e. The summed E-state index contributed by atoms with van der Waals surface area (Å²) in [7, 11) is 0. The van der Waals surface area contributed by atoms with Gasteiger partial charge in [-0.25, -0.2) is 0 Å². The molecular formula is C20H24N2O3S. The average Bonchev–Trinajstić information content (AvgIpc) is 3.38. The number of benzene rings is 1. The molecule has 6 heteroatoms.